The number of nitrogens with zero attached hydrogens (tertiary/aromatic N) is 5. The fourth-order valence-corrected chi connectivity index (χ4v) is 4.36. The topological polar surface area (TPSA) is 120 Å². The van der Waals surface area contributed by atoms with Gasteiger partial charge in [-0.1, -0.05) is 42.8 Å². The Morgan fingerprint density at radius 2 is 2.00 bits per heavy atom. The van der Waals surface area contributed by atoms with Crippen molar-refractivity contribution in [3.63, 3.8) is 0 Å². The minimum atomic E-state index is -0.404. The molecule has 178 valence electrons. The van der Waals surface area contributed by atoms with Crippen molar-refractivity contribution in [1.82, 2.24) is 19.5 Å². The maximum atomic E-state index is 13.7. The van der Waals surface area contributed by atoms with Crippen LogP contribution in [-0.2, 0) is 4.74 Å². The number of benzene rings is 2. The summed E-state index contributed by atoms with van der Waals surface area (Å²) in [4.78, 5) is 31.7. The van der Waals surface area contributed by atoms with E-state index < -0.39 is 6.04 Å². The summed E-state index contributed by atoms with van der Waals surface area (Å²) in [5.41, 5.74) is 7.65. The van der Waals surface area contributed by atoms with E-state index in [4.69, 9.17) is 27.1 Å². The van der Waals surface area contributed by atoms with Crippen molar-refractivity contribution in [2.75, 3.05) is 17.7 Å². The maximum absolute atomic E-state index is 13.7. The zero-order chi connectivity index (χ0) is 24.5. The number of halogens is 1. The first kappa shape index (κ1) is 22.8. The van der Waals surface area contributed by atoms with E-state index in [1.54, 1.807) is 22.8 Å². The van der Waals surface area contributed by atoms with Crippen LogP contribution < -0.4 is 16.6 Å². The van der Waals surface area contributed by atoms with Crippen LogP contribution in [0.1, 0.15) is 37.7 Å². The molecule has 4 aromatic rings. The Balaban J connectivity index is 1.69. The maximum Gasteiger partial charge on any atom is 0.267 e. The van der Waals surface area contributed by atoms with E-state index in [1.165, 1.54) is 6.33 Å². The van der Waals surface area contributed by atoms with Gasteiger partial charge in [-0.05, 0) is 37.6 Å². The predicted octanol–water partition coefficient (Wildman–Crippen LogP) is 4.14. The minimum Gasteiger partial charge on any atom is -0.475 e. The van der Waals surface area contributed by atoms with Gasteiger partial charge in [0.1, 0.15) is 36.0 Å². The van der Waals surface area contributed by atoms with E-state index in [-0.39, 0.29) is 17.4 Å². The number of aliphatic imine (C=N–C) groups is 1. The van der Waals surface area contributed by atoms with Crippen molar-refractivity contribution >= 4 is 40.0 Å². The van der Waals surface area contributed by atoms with Crippen molar-refractivity contribution < 1.29 is 4.74 Å². The highest BCUT2D eigenvalue weighted by Crippen LogP contribution is 2.29. The van der Waals surface area contributed by atoms with E-state index in [0.29, 0.717) is 57.7 Å². The van der Waals surface area contributed by atoms with Gasteiger partial charge in [0.05, 0.1) is 33.7 Å². The van der Waals surface area contributed by atoms with Crippen LogP contribution in [0.4, 0.5) is 11.6 Å². The third kappa shape index (κ3) is 4.19. The highest BCUT2D eigenvalue weighted by molar-refractivity contribution is 6.35. The number of ether oxygens (including phenoxy) is 1. The minimum absolute atomic E-state index is 0.00888. The first-order valence-corrected chi connectivity index (χ1v) is 11.7. The van der Waals surface area contributed by atoms with Crippen LogP contribution in [0.5, 0.6) is 0 Å². The van der Waals surface area contributed by atoms with Gasteiger partial charge in [-0.15, -0.1) is 0 Å². The highest BCUT2D eigenvalue weighted by atomic mass is 35.5. The van der Waals surface area contributed by atoms with Crippen LogP contribution in [0.3, 0.4) is 0 Å². The van der Waals surface area contributed by atoms with Gasteiger partial charge in [-0.2, -0.15) is 0 Å². The molecule has 35 heavy (non-hydrogen) atoms. The van der Waals surface area contributed by atoms with Gasteiger partial charge in [0.25, 0.3) is 5.56 Å². The fourth-order valence-electron chi connectivity index (χ4n) is 4.11. The molecule has 1 aliphatic rings. The number of nitrogens with one attached hydrogen (secondary N) is 1. The zero-order valence-electron chi connectivity index (χ0n) is 19.3. The van der Waals surface area contributed by atoms with E-state index in [1.807, 2.05) is 44.2 Å². The standard InChI is InChI=1S/C25H24ClN7O2/c1-3-17(31-22-20(21(27)28-13-29-22)24-30-14(2)12-35-24)23-32-18-11-7-10-16(26)19(18)25(34)33(23)15-8-5-4-6-9-15/h4-11,13-14,17H,3,12H2,1-2H3,(H3,27,28,29,31)/t14?,17-/m0/s1. The number of anilines is 2. The monoisotopic (exact) mass is 489 g/mol. The molecule has 0 aliphatic carbocycles. The third-order valence-electron chi connectivity index (χ3n) is 5.81. The quantitative estimate of drug-likeness (QED) is 0.417. The lowest BCUT2D eigenvalue weighted by molar-refractivity contribution is 0.324. The molecule has 3 N–H and O–H groups in total. The normalized spacial score (nSPS) is 16.1. The van der Waals surface area contributed by atoms with E-state index >= 15 is 0 Å². The van der Waals surface area contributed by atoms with Crippen LogP contribution in [-0.4, -0.2) is 38.1 Å². The van der Waals surface area contributed by atoms with Gasteiger partial charge >= 0.3 is 0 Å². The molecule has 2 aromatic carbocycles. The number of nitrogens with two attached hydrogens (primary N) is 1. The van der Waals surface area contributed by atoms with Crippen LogP contribution in [0, 0.1) is 0 Å². The lowest BCUT2D eigenvalue weighted by Gasteiger charge is -2.23. The van der Waals surface area contributed by atoms with Crippen molar-refractivity contribution in [3.8, 4) is 5.69 Å². The molecule has 0 spiro atoms. The van der Waals surface area contributed by atoms with Crippen molar-refractivity contribution in [2.24, 2.45) is 4.99 Å². The fraction of sp³-hybridized carbons (Fsp3) is 0.240. The average Bonchev–Trinajstić information content (AvgIpc) is 3.28. The van der Waals surface area contributed by atoms with Gasteiger partial charge in [-0.3, -0.25) is 9.36 Å². The Morgan fingerprint density at radius 1 is 1.20 bits per heavy atom. The molecule has 5 rings (SSSR count). The molecule has 0 saturated carbocycles. The summed E-state index contributed by atoms with van der Waals surface area (Å²) in [6.45, 7) is 4.41. The Bertz CT molecular complexity index is 1490. The van der Waals surface area contributed by atoms with E-state index in [0.717, 1.165) is 0 Å². The van der Waals surface area contributed by atoms with Gasteiger partial charge in [-0.25, -0.2) is 19.9 Å². The second-order valence-electron chi connectivity index (χ2n) is 8.26. The third-order valence-corrected chi connectivity index (χ3v) is 6.12. The summed E-state index contributed by atoms with van der Waals surface area (Å²) in [7, 11) is 0. The number of rotatable bonds is 6. The Kier molecular flexibility index (Phi) is 6.08. The largest absolute Gasteiger partial charge is 0.475 e. The molecule has 2 atom stereocenters. The highest BCUT2D eigenvalue weighted by Gasteiger charge is 2.27. The average molecular weight is 490 g/mol. The summed E-state index contributed by atoms with van der Waals surface area (Å²) in [6.07, 6.45) is 1.98. The Labute approximate surface area is 206 Å². The van der Waals surface area contributed by atoms with Crippen LogP contribution in [0.15, 0.2) is 64.6 Å². The molecule has 0 bridgehead atoms. The number of aromatic nitrogens is 4. The lowest BCUT2D eigenvalue weighted by atomic mass is 10.1. The molecule has 0 radical (unpaired) electrons. The number of hydrogen-bond acceptors (Lipinski definition) is 8. The van der Waals surface area contributed by atoms with E-state index in [9.17, 15) is 4.79 Å². The van der Waals surface area contributed by atoms with Crippen LogP contribution >= 0.6 is 11.6 Å². The van der Waals surface area contributed by atoms with Crippen molar-refractivity contribution in [2.45, 2.75) is 32.4 Å². The van der Waals surface area contributed by atoms with Gasteiger partial charge < -0.3 is 15.8 Å². The first-order chi connectivity index (χ1) is 17.0. The molecule has 9 nitrogen and oxygen atoms in total. The number of hydrogen-bond donors (Lipinski definition) is 2. The molecule has 10 heteroatoms. The Hall–Kier alpha value is -3.98. The molecule has 0 fully saturated rings. The van der Waals surface area contributed by atoms with Gasteiger partial charge in [0.15, 0.2) is 0 Å². The summed E-state index contributed by atoms with van der Waals surface area (Å²) in [5.74, 6) is 1.62. The zero-order valence-corrected chi connectivity index (χ0v) is 20.0. The second kappa shape index (κ2) is 9.34. The number of fused-ring (bicyclic) bond motifs is 1. The van der Waals surface area contributed by atoms with Crippen molar-refractivity contribution in [3.05, 3.63) is 81.6 Å². The summed E-state index contributed by atoms with van der Waals surface area (Å²) in [6, 6.07) is 14.2. The van der Waals surface area contributed by atoms with Gasteiger partial charge in [0.2, 0.25) is 5.90 Å². The Morgan fingerprint density at radius 3 is 2.71 bits per heavy atom. The van der Waals surface area contributed by atoms with Crippen LogP contribution in [0.2, 0.25) is 5.02 Å². The molecule has 0 saturated heterocycles. The van der Waals surface area contributed by atoms with Gasteiger partial charge in [0, 0.05) is 0 Å². The smallest absolute Gasteiger partial charge is 0.267 e. The molecule has 1 aliphatic heterocycles. The SMILES string of the molecule is CC[C@H](Nc1ncnc(N)c1C1=NC(C)CO1)c1nc2cccc(Cl)c2c(=O)n1-c1ccccc1. The summed E-state index contributed by atoms with van der Waals surface area (Å²) >= 11 is 6.41. The van der Waals surface area contributed by atoms with E-state index in [2.05, 4.69) is 20.3 Å². The molecule has 2 aromatic heterocycles. The predicted molar refractivity (Wildman–Crippen MR) is 137 cm³/mol. The van der Waals surface area contributed by atoms with Crippen molar-refractivity contribution in [1.29, 1.82) is 0 Å². The first-order valence-electron chi connectivity index (χ1n) is 11.3. The second-order valence-corrected chi connectivity index (χ2v) is 8.67. The molecule has 0 amide bonds. The summed E-state index contributed by atoms with van der Waals surface area (Å²) < 4.78 is 7.33. The number of nitrogen functional groups attached to an aromatic ring is 1. The molecule has 1 unspecified atom stereocenters. The van der Waals surface area contributed by atoms with Crippen LogP contribution in [0.25, 0.3) is 16.6 Å². The summed E-state index contributed by atoms with van der Waals surface area (Å²) in [5, 5.41) is 4.14. The molecular formula is C25H24ClN7O2. The molecule has 3 heterocycles. The lowest BCUT2D eigenvalue weighted by Crippen LogP contribution is -2.29. The molecular weight excluding hydrogens is 466 g/mol. The number of para-hydroxylation sites is 1.